The molecule has 0 bridgehead atoms. The molecule has 9 heteroatoms. The van der Waals surface area contributed by atoms with Crippen LogP contribution in [0.5, 0.6) is 0 Å². The number of benzene rings is 1. The van der Waals surface area contributed by atoms with Crippen molar-refractivity contribution >= 4 is 27.3 Å². The predicted molar refractivity (Wildman–Crippen MR) is 92.7 cm³/mol. The lowest BCUT2D eigenvalue weighted by molar-refractivity contribution is 0.531. The van der Waals surface area contributed by atoms with Crippen molar-refractivity contribution < 1.29 is 8.42 Å². The number of halogens is 1. The molecular formula is C15H20ClN5O2S. The van der Waals surface area contributed by atoms with Crippen LogP contribution < -0.4 is 9.62 Å². The topological polar surface area (TPSA) is 80.1 Å². The molecule has 1 aliphatic heterocycles. The van der Waals surface area contributed by atoms with Gasteiger partial charge in [-0.2, -0.15) is 0 Å². The maximum absolute atomic E-state index is 12.3. The fourth-order valence-corrected chi connectivity index (χ4v) is 4.31. The normalized spacial score (nSPS) is 18.3. The van der Waals surface area contributed by atoms with E-state index in [-0.39, 0.29) is 10.9 Å². The number of anilines is 1. The van der Waals surface area contributed by atoms with E-state index in [1.165, 1.54) is 16.4 Å². The van der Waals surface area contributed by atoms with Crippen molar-refractivity contribution in [2.24, 2.45) is 13.0 Å². The minimum absolute atomic E-state index is 0.0723. The predicted octanol–water partition coefficient (Wildman–Crippen LogP) is 1.58. The van der Waals surface area contributed by atoms with E-state index in [0.717, 1.165) is 25.2 Å². The second-order valence-electron chi connectivity index (χ2n) is 6.08. The van der Waals surface area contributed by atoms with Crippen molar-refractivity contribution in [1.29, 1.82) is 0 Å². The molecule has 0 radical (unpaired) electrons. The standard InChI is InChI=1S/C15H20ClN5O2S/c1-11-3-4-13(16)7-14(11)21-6-5-12(10-21)8-18-24(22,23)15-9-17-19-20(15)2/h3-4,7,9,12,18H,5-6,8,10H2,1-2H3. The van der Waals surface area contributed by atoms with E-state index in [1.54, 1.807) is 7.05 Å². The molecule has 2 aromatic rings. The highest BCUT2D eigenvalue weighted by Gasteiger charge is 2.26. The number of nitrogens with zero attached hydrogens (tertiary/aromatic N) is 4. The molecule has 1 atom stereocenters. The fourth-order valence-electron chi connectivity index (χ4n) is 2.97. The molecule has 0 aliphatic carbocycles. The third kappa shape index (κ3) is 3.55. The summed E-state index contributed by atoms with van der Waals surface area (Å²) in [6.07, 6.45) is 2.18. The van der Waals surface area contributed by atoms with Crippen molar-refractivity contribution in [1.82, 2.24) is 19.7 Å². The number of aryl methyl sites for hydroxylation is 2. The molecule has 1 fully saturated rings. The Labute approximate surface area is 146 Å². The number of rotatable bonds is 5. The quantitative estimate of drug-likeness (QED) is 0.865. The summed E-state index contributed by atoms with van der Waals surface area (Å²) in [5.41, 5.74) is 2.28. The van der Waals surface area contributed by atoms with Gasteiger partial charge in [0.15, 0.2) is 5.03 Å². The number of hydrogen-bond acceptors (Lipinski definition) is 5. The van der Waals surface area contributed by atoms with Crippen LogP contribution >= 0.6 is 11.6 Å². The minimum atomic E-state index is -3.58. The Morgan fingerprint density at radius 1 is 1.42 bits per heavy atom. The highest BCUT2D eigenvalue weighted by Crippen LogP contribution is 2.29. The summed E-state index contributed by atoms with van der Waals surface area (Å²) in [7, 11) is -2.03. The number of aromatic nitrogens is 3. The molecule has 2 heterocycles. The lowest BCUT2D eigenvalue weighted by atomic mass is 10.1. The van der Waals surface area contributed by atoms with Crippen molar-refractivity contribution in [3.63, 3.8) is 0 Å². The fraction of sp³-hybridized carbons (Fsp3) is 0.467. The third-order valence-corrected chi connectivity index (χ3v) is 6.01. The third-order valence-electron chi connectivity index (χ3n) is 4.31. The summed E-state index contributed by atoms with van der Waals surface area (Å²) in [4.78, 5) is 2.26. The van der Waals surface area contributed by atoms with Gasteiger partial charge in [0.05, 0.1) is 6.20 Å². The number of sulfonamides is 1. The van der Waals surface area contributed by atoms with Gasteiger partial charge in [-0.1, -0.05) is 22.9 Å². The molecular weight excluding hydrogens is 350 g/mol. The zero-order valence-electron chi connectivity index (χ0n) is 13.6. The van der Waals surface area contributed by atoms with Gasteiger partial charge in [-0.3, -0.25) is 0 Å². The molecule has 0 amide bonds. The van der Waals surface area contributed by atoms with Crippen molar-refractivity contribution in [3.8, 4) is 0 Å². The Balaban J connectivity index is 1.63. The SMILES string of the molecule is Cc1ccc(Cl)cc1N1CCC(CNS(=O)(=O)c2cnnn2C)C1. The van der Waals surface area contributed by atoms with E-state index >= 15 is 0 Å². The van der Waals surface area contributed by atoms with Crippen molar-refractivity contribution in [2.45, 2.75) is 18.4 Å². The zero-order valence-corrected chi connectivity index (χ0v) is 15.2. The summed E-state index contributed by atoms with van der Waals surface area (Å²) in [5.74, 6) is 0.249. The molecule has 24 heavy (non-hydrogen) atoms. The average molecular weight is 370 g/mol. The van der Waals surface area contributed by atoms with E-state index in [9.17, 15) is 8.42 Å². The lowest BCUT2D eigenvalue weighted by Crippen LogP contribution is -2.32. The molecule has 1 aromatic heterocycles. The van der Waals surface area contributed by atoms with Crippen LogP contribution in [0.2, 0.25) is 5.02 Å². The molecule has 130 valence electrons. The number of hydrogen-bond donors (Lipinski definition) is 1. The van der Waals surface area contributed by atoms with Crippen LogP contribution in [0.4, 0.5) is 5.69 Å². The Morgan fingerprint density at radius 2 is 2.21 bits per heavy atom. The molecule has 0 saturated carbocycles. The van der Waals surface area contributed by atoms with Gasteiger partial charge in [0.2, 0.25) is 0 Å². The molecule has 0 spiro atoms. The van der Waals surface area contributed by atoms with Gasteiger partial charge < -0.3 is 4.90 Å². The minimum Gasteiger partial charge on any atom is -0.371 e. The van der Waals surface area contributed by atoms with Crippen LogP contribution in [-0.2, 0) is 17.1 Å². The Morgan fingerprint density at radius 3 is 2.92 bits per heavy atom. The van der Waals surface area contributed by atoms with Gasteiger partial charge in [-0.15, -0.1) is 5.10 Å². The highest BCUT2D eigenvalue weighted by molar-refractivity contribution is 7.89. The maximum Gasteiger partial charge on any atom is 0.259 e. The van der Waals surface area contributed by atoms with E-state index in [2.05, 4.69) is 26.9 Å². The van der Waals surface area contributed by atoms with Gasteiger partial charge in [0.1, 0.15) is 0 Å². The second kappa shape index (κ2) is 6.70. The molecule has 1 N–H and O–H groups in total. The van der Waals surface area contributed by atoms with Gasteiger partial charge in [-0.25, -0.2) is 17.8 Å². The van der Waals surface area contributed by atoms with Crippen LogP contribution in [0.1, 0.15) is 12.0 Å². The summed E-state index contributed by atoms with van der Waals surface area (Å²) < 4.78 is 28.5. The lowest BCUT2D eigenvalue weighted by Gasteiger charge is -2.21. The Bertz CT molecular complexity index is 836. The van der Waals surface area contributed by atoms with E-state index < -0.39 is 10.0 Å². The van der Waals surface area contributed by atoms with Gasteiger partial charge >= 0.3 is 0 Å². The molecule has 1 unspecified atom stereocenters. The second-order valence-corrected chi connectivity index (χ2v) is 8.23. The average Bonchev–Trinajstić information content (AvgIpc) is 3.17. The van der Waals surface area contributed by atoms with Crippen LogP contribution in [0, 0.1) is 12.8 Å². The Kier molecular flexibility index (Phi) is 4.80. The first-order valence-corrected chi connectivity index (χ1v) is 9.58. The monoisotopic (exact) mass is 369 g/mol. The molecule has 1 aromatic carbocycles. The van der Waals surface area contributed by atoms with Crippen LogP contribution in [0.15, 0.2) is 29.4 Å². The summed E-state index contributed by atoms with van der Waals surface area (Å²) in [5, 5.41) is 8.05. The van der Waals surface area contributed by atoms with Crippen LogP contribution in [-0.4, -0.2) is 43.0 Å². The first-order chi connectivity index (χ1) is 11.4. The number of nitrogens with one attached hydrogen (secondary N) is 1. The van der Waals surface area contributed by atoms with Crippen LogP contribution in [0.3, 0.4) is 0 Å². The summed E-state index contributed by atoms with van der Waals surface area (Å²) in [6, 6.07) is 5.85. The largest absolute Gasteiger partial charge is 0.371 e. The van der Waals surface area contributed by atoms with Crippen molar-refractivity contribution in [2.75, 3.05) is 24.5 Å². The summed E-state index contributed by atoms with van der Waals surface area (Å²) >= 11 is 6.09. The van der Waals surface area contributed by atoms with E-state index in [4.69, 9.17) is 11.6 Å². The van der Waals surface area contributed by atoms with E-state index in [0.29, 0.717) is 11.6 Å². The van der Waals surface area contributed by atoms with E-state index in [1.807, 2.05) is 18.2 Å². The first kappa shape index (κ1) is 17.2. The molecule has 3 rings (SSSR count). The smallest absolute Gasteiger partial charge is 0.259 e. The molecule has 7 nitrogen and oxygen atoms in total. The zero-order chi connectivity index (χ0) is 17.3. The first-order valence-electron chi connectivity index (χ1n) is 7.72. The Hall–Kier alpha value is -1.64. The van der Waals surface area contributed by atoms with Crippen molar-refractivity contribution in [3.05, 3.63) is 35.0 Å². The molecule has 1 saturated heterocycles. The highest BCUT2D eigenvalue weighted by atomic mass is 35.5. The molecule has 1 aliphatic rings. The van der Waals surface area contributed by atoms with Gasteiger partial charge in [0, 0.05) is 37.4 Å². The van der Waals surface area contributed by atoms with Gasteiger partial charge in [0.25, 0.3) is 10.0 Å². The van der Waals surface area contributed by atoms with Gasteiger partial charge in [-0.05, 0) is 37.0 Å². The van der Waals surface area contributed by atoms with Crippen LogP contribution in [0.25, 0.3) is 0 Å². The maximum atomic E-state index is 12.3. The summed E-state index contributed by atoms with van der Waals surface area (Å²) in [6.45, 7) is 4.13.